The molecule has 0 aliphatic carbocycles. The summed E-state index contributed by atoms with van der Waals surface area (Å²) in [5.74, 6) is 1.26. The molecule has 0 atom stereocenters. The summed E-state index contributed by atoms with van der Waals surface area (Å²) in [6.45, 7) is 0. The molecule has 6 heterocycles. The number of aromatic nitrogens is 8. The number of hydrogen-bond donors (Lipinski definition) is 0. The van der Waals surface area contributed by atoms with Crippen LogP contribution in [-0.4, -0.2) is 38.2 Å². The van der Waals surface area contributed by atoms with Gasteiger partial charge < -0.3 is 13.7 Å². The largest absolute Gasteiger partial charge is 0.309 e. The Bertz CT molecular complexity index is 6490. The van der Waals surface area contributed by atoms with Gasteiger partial charge in [-0.05, 0) is 131 Å². The maximum absolute atomic E-state index is 5.55. The fourth-order valence-electron chi connectivity index (χ4n) is 15.3. The lowest BCUT2D eigenvalue weighted by Crippen LogP contribution is -2.03. The molecule has 0 aliphatic heterocycles. The third-order valence-corrected chi connectivity index (χ3v) is 19.8. The number of nitrogens with zero attached hydrogens (tertiary/aromatic N) is 8. The highest BCUT2D eigenvalue weighted by molar-refractivity contribution is 6.14. The average molecular weight is 1250 g/mol. The van der Waals surface area contributed by atoms with E-state index < -0.39 is 0 Å². The molecule has 14 aromatic carbocycles. The van der Waals surface area contributed by atoms with Crippen molar-refractivity contribution in [1.82, 2.24) is 38.2 Å². The van der Waals surface area contributed by atoms with Crippen LogP contribution < -0.4 is 0 Å². The van der Waals surface area contributed by atoms with Gasteiger partial charge in [0.15, 0.2) is 5.82 Å². The zero-order valence-corrected chi connectivity index (χ0v) is 52.9. The summed E-state index contributed by atoms with van der Waals surface area (Å²) in [5.41, 5.74) is 24.0. The molecule has 0 fully saturated rings. The highest BCUT2D eigenvalue weighted by Gasteiger charge is 2.23. The Morgan fingerprint density at radius 3 is 1.01 bits per heavy atom. The summed E-state index contributed by atoms with van der Waals surface area (Å²) >= 11 is 0. The number of benzene rings is 14. The number of para-hydroxylation sites is 7. The van der Waals surface area contributed by atoms with Gasteiger partial charge in [-0.3, -0.25) is 4.57 Å². The molecule has 0 bridgehead atoms. The van der Waals surface area contributed by atoms with Crippen molar-refractivity contribution in [1.29, 1.82) is 0 Å². The van der Waals surface area contributed by atoms with Gasteiger partial charge in [-0.2, -0.15) is 0 Å². The maximum atomic E-state index is 5.55. The molecule has 0 saturated heterocycles. The predicted octanol–water partition coefficient (Wildman–Crippen LogP) is 22.8. The van der Waals surface area contributed by atoms with E-state index in [-0.39, 0.29) is 0 Å². The lowest BCUT2D eigenvalue weighted by atomic mass is 9.99. The quantitative estimate of drug-likeness (QED) is 0.137. The van der Waals surface area contributed by atoms with Crippen LogP contribution in [0.25, 0.3) is 189 Å². The van der Waals surface area contributed by atoms with Gasteiger partial charge in [-0.15, -0.1) is 0 Å². The van der Waals surface area contributed by atoms with Gasteiger partial charge in [0.25, 0.3) is 0 Å². The van der Waals surface area contributed by atoms with Crippen molar-refractivity contribution in [3.63, 3.8) is 0 Å². The summed E-state index contributed by atoms with van der Waals surface area (Å²) in [6.07, 6.45) is 0. The Hall–Kier alpha value is -13.3. The molecule has 0 unspecified atom stereocenters. The van der Waals surface area contributed by atoms with E-state index in [0.717, 1.165) is 144 Å². The van der Waals surface area contributed by atoms with Crippen molar-refractivity contribution in [3.05, 3.63) is 340 Å². The second kappa shape index (κ2) is 22.2. The molecule has 20 rings (SSSR count). The van der Waals surface area contributed by atoms with Crippen molar-refractivity contribution in [2.24, 2.45) is 0 Å². The van der Waals surface area contributed by atoms with Gasteiger partial charge in [0, 0.05) is 87.8 Å². The Morgan fingerprint density at radius 2 is 0.531 bits per heavy atom. The van der Waals surface area contributed by atoms with E-state index in [4.69, 9.17) is 19.9 Å². The molecule has 6 aromatic heterocycles. The molecule has 20 aromatic rings. The van der Waals surface area contributed by atoms with Gasteiger partial charge in [-0.1, -0.05) is 231 Å². The van der Waals surface area contributed by atoms with Crippen LogP contribution in [0.1, 0.15) is 0 Å². The number of fused-ring (bicyclic) bond motifs is 13. The Morgan fingerprint density at radius 1 is 0.184 bits per heavy atom. The van der Waals surface area contributed by atoms with Crippen LogP contribution >= 0.6 is 0 Å². The van der Waals surface area contributed by atoms with E-state index in [1.54, 1.807) is 0 Å². The first-order valence-electron chi connectivity index (χ1n) is 33.3. The van der Waals surface area contributed by atoms with Gasteiger partial charge >= 0.3 is 0 Å². The van der Waals surface area contributed by atoms with Crippen LogP contribution in [0.5, 0.6) is 0 Å². The van der Waals surface area contributed by atoms with E-state index in [0.29, 0.717) is 11.8 Å². The zero-order chi connectivity index (χ0) is 64.4. The Balaban J connectivity index is 0.696. The first kappa shape index (κ1) is 55.2. The van der Waals surface area contributed by atoms with Crippen molar-refractivity contribution in [2.45, 2.75) is 0 Å². The molecule has 0 spiro atoms. The van der Waals surface area contributed by atoms with Crippen LogP contribution in [0.4, 0.5) is 0 Å². The van der Waals surface area contributed by atoms with Gasteiger partial charge in [-0.25, -0.2) is 19.9 Å². The first-order chi connectivity index (χ1) is 48.6. The second-order valence-electron chi connectivity index (χ2n) is 25.4. The van der Waals surface area contributed by atoms with Crippen molar-refractivity contribution in [3.8, 4) is 90.4 Å². The monoisotopic (exact) mass is 1250 g/mol. The molecule has 98 heavy (non-hydrogen) atoms. The summed E-state index contributed by atoms with van der Waals surface area (Å²) in [7, 11) is 0. The highest BCUT2D eigenvalue weighted by atomic mass is 15.2. The van der Waals surface area contributed by atoms with Crippen molar-refractivity contribution in [2.75, 3.05) is 0 Å². The molecule has 0 radical (unpaired) electrons. The molecular formula is C90H56N8. The molecule has 0 aliphatic rings. The lowest BCUT2D eigenvalue weighted by Gasteiger charge is -2.16. The molecule has 8 nitrogen and oxygen atoms in total. The molecule has 0 N–H and O–H groups in total. The Labute approximate surface area is 563 Å². The van der Waals surface area contributed by atoms with Gasteiger partial charge in [0.1, 0.15) is 0 Å². The summed E-state index contributed by atoms with van der Waals surface area (Å²) in [5, 5.41) is 10.4. The third kappa shape index (κ3) is 8.85. The standard InChI is InChI=1S/C90H56N8/c1-4-22-58(23-5-1)78-56-79(59-24-6-2-7-25-59)92-89(91-78)64-50-66(96-80-35-17-11-28-68(80)69-29-12-18-36-81(69)96)55-67(51-64)97-83-38-20-14-31-71(83)74-52-61(44-47-86(74)97)57-40-42-60(43-41-57)88-73-33-10-16-34-77(73)93-90(94-88)98-84-39-21-15-32-72(84)76-54-63(46-49-87(76)98)62-45-48-85-75(53-62)70-30-13-19-37-82(70)95(85)65-26-8-3-9-27-65/h1-56H. The zero-order valence-electron chi connectivity index (χ0n) is 52.9. The average Bonchev–Trinajstić information content (AvgIpc) is 1.52. The minimum Gasteiger partial charge on any atom is -0.309 e. The van der Waals surface area contributed by atoms with Crippen molar-refractivity contribution >= 4 is 98.1 Å². The van der Waals surface area contributed by atoms with Crippen LogP contribution in [-0.2, 0) is 0 Å². The number of hydrogen-bond acceptors (Lipinski definition) is 4. The maximum Gasteiger partial charge on any atom is 0.235 e. The summed E-state index contributed by atoms with van der Waals surface area (Å²) < 4.78 is 9.42. The fraction of sp³-hybridized carbons (Fsp3) is 0. The van der Waals surface area contributed by atoms with Crippen LogP contribution in [0.2, 0.25) is 0 Å². The molecule has 0 amide bonds. The predicted molar refractivity (Wildman–Crippen MR) is 405 cm³/mol. The van der Waals surface area contributed by atoms with Gasteiger partial charge in [0.05, 0.1) is 66.7 Å². The second-order valence-corrected chi connectivity index (χ2v) is 25.4. The van der Waals surface area contributed by atoms with Crippen LogP contribution in [0.15, 0.2) is 340 Å². The van der Waals surface area contributed by atoms with Crippen LogP contribution in [0.3, 0.4) is 0 Å². The SMILES string of the molecule is c1ccc(-c2cc(-c3ccccc3)nc(-c3cc(-n4c5ccccc5c5ccccc54)cc(-n4c5ccccc5c5cc(-c6ccc(-c7nc(-n8c9ccccc9c9cc(-c%10ccc%11c(c%10)c%10ccccc%10n%11-c%10ccccc%10)ccc98)nc8ccccc78)cc6)ccc54)c3)n2)cc1. The molecule has 8 heteroatoms. The Kier molecular flexibility index (Phi) is 12.5. The fourth-order valence-corrected chi connectivity index (χ4v) is 15.3. The molecule has 456 valence electrons. The smallest absolute Gasteiger partial charge is 0.235 e. The summed E-state index contributed by atoms with van der Waals surface area (Å²) in [6, 6.07) is 122. The van der Waals surface area contributed by atoms with E-state index in [1.165, 1.54) is 32.6 Å². The van der Waals surface area contributed by atoms with Crippen molar-refractivity contribution < 1.29 is 0 Å². The minimum atomic E-state index is 0.622. The van der Waals surface area contributed by atoms with Crippen LogP contribution in [0, 0.1) is 0 Å². The molecular weight excluding hydrogens is 1190 g/mol. The highest BCUT2D eigenvalue weighted by Crippen LogP contribution is 2.43. The summed E-state index contributed by atoms with van der Waals surface area (Å²) in [4.78, 5) is 21.7. The van der Waals surface area contributed by atoms with Gasteiger partial charge in [0.2, 0.25) is 5.95 Å². The number of rotatable bonds is 10. The van der Waals surface area contributed by atoms with E-state index >= 15 is 0 Å². The topological polar surface area (TPSA) is 71.3 Å². The molecule has 0 saturated carbocycles. The normalized spacial score (nSPS) is 11.9. The minimum absolute atomic E-state index is 0.622. The van der Waals surface area contributed by atoms with E-state index in [9.17, 15) is 0 Å². The lowest BCUT2D eigenvalue weighted by molar-refractivity contribution is 1.01. The van der Waals surface area contributed by atoms with E-state index in [1.807, 2.05) is 12.1 Å². The third-order valence-electron chi connectivity index (χ3n) is 19.8. The first-order valence-corrected chi connectivity index (χ1v) is 33.3. The van der Waals surface area contributed by atoms with E-state index in [2.05, 4.69) is 346 Å².